The first-order valence-corrected chi connectivity index (χ1v) is 25.4. The van der Waals surface area contributed by atoms with E-state index < -0.39 is 71.0 Å². The number of nitrogens with zero attached hydrogens (tertiary/aromatic N) is 1. The van der Waals surface area contributed by atoms with Gasteiger partial charge in [0.25, 0.3) is 0 Å². The Labute approximate surface area is 434 Å². The Balaban J connectivity index is 0.956. The van der Waals surface area contributed by atoms with Crippen molar-refractivity contribution in [3.8, 4) is 46.0 Å². The van der Waals surface area contributed by atoms with Crippen LogP contribution in [0.3, 0.4) is 0 Å². The molecule has 392 valence electrons. The summed E-state index contributed by atoms with van der Waals surface area (Å²) in [7, 11) is 0. The molecule has 2 aliphatic carbocycles. The highest BCUT2D eigenvalue weighted by Crippen LogP contribution is 2.39. The fourth-order valence-electron chi connectivity index (χ4n) is 8.35. The number of aromatic nitrogens is 1. The lowest BCUT2D eigenvalue weighted by molar-refractivity contribution is -0.145. The summed E-state index contributed by atoms with van der Waals surface area (Å²) in [6.07, 6.45) is 4.15. The molecule has 0 radical (unpaired) electrons. The second kappa shape index (κ2) is 24.2. The van der Waals surface area contributed by atoms with Crippen LogP contribution in [0, 0.1) is 23.7 Å². The van der Waals surface area contributed by atoms with Crippen molar-refractivity contribution in [1.82, 2.24) is 10.4 Å². The highest BCUT2D eigenvalue weighted by atomic mass is 32.1. The number of hydrogen-bond acceptors (Lipinski definition) is 18. The Bertz CT molecular complexity index is 2820. The average molecular weight is 1030 g/mol. The summed E-state index contributed by atoms with van der Waals surface area (Å²) < 4.78 is 47.3. The van der Waals surface area contributed by atoms with E-state index in [1.54, 1.807) is 30.3 Å². The van der Waals surface area contributed by atoms with Crippen LogP contribution in [0.2, 0.25) is 0 Å². The summed E-state index contributed by atoms with van der Waals surface area (Å²) in [6, 6.07) is 21.7. The van der Waals surface area contributed by atoms with Gasteiger partial charge in [0.15, 0.2) is 28.1 Å². The van der Waals surface area contributed by atoms with Crippen molar-refractivity contribution in [2.24, 2.45) is 23.7 Å². The van der Waals surface area contributed by atoms with Crippen molar-refractivity contribution < 1.29 is 67.0 Å². The molecule has 0 amide bonds. The van der Waals surface area contributed by atoms with E-state index in [0.717, 1.165) is 16.3 Å². The van der Waals surface area contributed by atoms with Crippen molar-refractivity contribution >= 4 is 56.5 Å². The minimum atomic E-state index is -1.26. The van der Waals surface area contributed by atoms with Crippen LogP contribution in [-0.4, -0.2) is 57.4 Å². The predicted octanol–water partition coefficient (Wildman–Crippen LogP) is 10.4. The van der Waals surface area contributed by atoms with Crippen LogP contribution >= 0.6 is 11.3 Å². The van der Waals surface area contributed by atoms with Gasteiger partial charge in [-0.1, -0.05) is 36.6 Å². The van der Waals surface area contributed by atoms with Crippen LogP contribution < -0.4 is 48.7 Å². The third-order valence-electron chi connectivity index (χ3n) is 11.9. The van der Waals surface area contributed by atoms with Gasteiger partial charge < -0.3 is 43.0 Å². The molecule has 74 heavy (non-hydrogen) atoms. The molecule has 17 nitrogen and oxygen atoms in total. The van der Waals surface area contributed by atoms with Crippen molar-refractivity contribution in [1.29, 1.82) is 0 Å². The molecule has 1 aromatic heterocycles. The number of rotatable bonds is 19. The van der Waals surface area contributed by atoms with E-state index in [0.29, 0.717) is 62.1 Å². The van der Waals surface area contributed by atoms with Gasteiger partial charge in [0.2, 0.25) is 6.29 Å². The van der Waals surface area contributed by atoms with Gasteiger partial charge in [0.05, 0.1) is 33.9 Å². The number of ether oxygens (including phenoxy) is 8. The number of hydrazine groups is 1. The smallest absolute Gasteiger partial charge is 0.335 e. The molecule has 4 aromatic carbocycles. The maximum atomic E-state index is 13.8. The van der Waals surface area contributed by atoms with Crippen molar-refractivity contribution in [3.05, 3.63) is 110 Å². The largest absolute Gasteiger partial charge is 0.484 e. The standard InChI is InChI=1S/C56H63N3O14S/c1-9-48(60)69-43-27-24-39(30-45(43)72-55(3,4)5)67-51(63)34-17-15-33(16-18-34)50(62)66-38-23-26-42(37(29-38)32-57-59-54-58-41-13-11-12-14-47(41)74-54)71-53(65)36-21-19-35(20-22-36)52(64)68-40-25-28-44(70-49(61)10-2)46(31-40)73-56(6,7)8/h9-14,23-31,33-36,48,57,60H,1-2,15-22,32H2,3-8H3,(H,58,59). The lowest BCUT2D eigenvalue weighted by Crippen LogP contribution is -2.31. The maximum Gasteiger partial charge on any atom is 0.335 e. The predicted molar refractivity (Wildman–Crippen MR) is 276 cm³/mol. The number of para-hydroxylation sites is 1. The number of aliphatic hydroxyl groups excluding tert-OH is 1. The molecule has 1 heterocycles. The number of thiazole rings is 1. The number of carbonyl (C=O) groups is 5. The number of esters is 5. The number of carbonyl (C=O) groups excluding carboxylic acids is 5. The summed E-state index contributed by atoms with van der Waals surface area (Å²) in [5.41, 5.74) is 6.37. The third-order valence-corrected chi connectivity index (χ3v) is 12.9. The molecule has 0 saturated heterocycles. The average Bonchev–Trinajstić information content (AvgIpc) is 3.78. The Hall–Kier alpha value is -7.28. The quantitative estimate of drug-likeness (QED) is 0.0175. The zero-order chi connectivity index (χ0) is 53.2. The van der Waals surface area contributed by atoms with Crippen LogP contribution in [0.5, 0.6) is 46.0 Å². The highest BCUT2D eigenvalue weighted by Gasteiger charge is 2.35. The van der Waals surface area contributed by atoms with E-state index in [1.807, 2.05) is 65.8 Å². The molecule has 0 aliphatic heterocycles. The molecule has 2 saturated carbocycles. The van der Waals surface area contributed by atoms with E-state index in [2.05, 4.69) is 29.0 Å². The first kappa shape index (κ1) is 54.5. The monoisotopic (exact) mass is 1030 g/mol. The molecular formula is C56H63N3O14S. The molecule has 5 aromatic rings. The number of benzene rings is 4. The minimum Gasteiger partial charge on any atom is -0.484 e. The number of aliphatic hydroxyl groups is 1. The van der Waals surface area contributed by atoms with E-state index in [4.69, 9.17) is 37.9 Å². The first-order valence-electron chi connectivity index (χ1n) is 24.5. The molecule has 18 heteroatoms. The van der Waals surface area contributed by atoms with E-state index in [1.165, 1.54) is 41.7 Å². The highest BCUT2D eigenvalue weighted by molar-refractivity contribution is 7.22. The number of hydrogen-bond donors (Lipinski definition) is 3. The zero-order valence-corrected chi connectivity index (χ0v) is 43.3. The lowest BCUT2D eigenvalue weighted by atomic mass is 9.82. The normalized spacial score (nSPS) is 18.2. The zero-order valence-electron chi connectivity index (χ0n) is 42.4. The Kier molecular flexibility index (Phi) is 17.8. The molecule has 0 bridgehead atoms. The van der Waals surface area contributed by atoms with Gasteiger partial charge >= 0.3 is 29.8 Å². The topological polar surface area (TPSA) is 216 Å². The molecule has 2 aliphatic rings. The van der Waals surface area contributed by atoms with Gasteiger partial charge in [0, 0.05) is 30.3 Å². The number of fused-ring (bicyclic) bond motifs is 1. The van der Waals surface area contributed by atoms with Gasteiger partial charge in [-0.2, -0.15) is 0 Å². The minimum absolute atomic E-state index is 0.145. The van der Waals surface area contributed by atoms with E-state index in [9.17, 15) is 29.1 Å². The van der Waals surface area contributed by atoms with Crippen LogP contribution in [0.15, 0.2) is 104 Å². The summed E-state index contributed by atoms with van der Waals surface area (Å²) >= 11 is 1.46. The Morgan fingerprint density at radius 3 is 1.57 bits per heavy atom. The molecule has 7 rings (SSSR count). The fourth-order valence-corrected chi connectivity index (χ4v) is 9.19. The molecular weight excluding hydrogens is 971 g/mol. The summed E-state index contributed by atoms with van der Waals surface area (Å²) in [5, 5.41) is 10.6. The third kappa shape index (κ3) is 15.4. The second-order valence-corrected chi connectivity index (χ2v) is 21.1. The van der Waals surface area contributed by atoms with Gasteiger partial charge in [-0.3, -0.25) is 24.6 Å². The molecule has 1 unspecified atom stereocenters. The van der Waals surface area contributed by atoms with Crippen molar-refractivity contribution in [2.45, 2.75) is 117 Å². The summed E-state index contributed by atoms with van der Waals surface area (Å²) in [6.45, 7) is 18.2. The van der Waals surface area contributed by atoms with Crippen molar-refractivity contribution in [3.63, 3.8) is 0 Å². The second-order valence-electron chi connectivity index (χ2n) is 20.0. The number of anilines is 1. The Morgan fingerprint density at radius 2 is 1.08 bits per heavy atom. The molecule has 3 N–H and O–H groups in total. The summed E-state index contributed by atoms with van der Waals surface area (Å²) in [5.74, 6) is -2.48. The van der Waals surface area contributed by atoms with Crippen LogP contribution in [0.1, 0.15) is 98.5 Å². The van der Waals surface area contributed by atoms with E-state index in [-0.39, 0.29) is 52.5 Å². The molecule has 2 fully saturated rings. The van der Waals surface area contributed by atoms with Crippen LogP contribution in [0.25, 0.3) is 10.2 Å². The van der Waals surface area contributed by atoms with E-state index >= 15 is 0 Å². The van der Waals surface area contributed by atoms with Gasteiger partial charge in [-0.15, -0.1) is 0 Å². The lowest BCUT2D eigenvalue weighted by Gasteiger charge is -2.27. The number of nitrogens with one attached hydrogen (secondary N) is 2. The van der Waals surface area contributed by atoms with Crippen LogP contribution in [0.4, 0.5) is 5.13 Å². The van der Waals surface area contributed by atoms with Crippen LogP contribution in [-0.2, 0) is 30.5 Å². The summed E-state index contributed by atoms with van der Waals surface area (Å²) in [4.78, 5) is 70.6. The maximum absolute atomic E-state index is 13.8. The van der Waals surface area contributed by atoms with Gasteiger partial charge in [0.1, 0.15) is 34.2 Å². The van der Waals surface area contributed by atoms with Gasteiger partial charge in [-0.25, -0.2) is 15.2 Å². The van der Waals surface area contributed by atoms with Gasteiger partial charge in [-0.05, 0) is 154 Å². The SMILES string of the molecule is C=CC(=O)Oc1ccc(OC(=O)C2CCC(C(=O)Oc3ccc(OC(=O)C4CCC(C(=O)Oc5ccc(OC(O)C=C)c(OC(C)(C)C)c5)CC4)cc3CNNc3nc4ccccc4s3)CC2)cc1OC(C)(C)C. The van der Waals surface area contributed by atoms with Crippen molar-refractivity contribution in [2.75, 3.05) is 5.43 Å². The molecule has 1 atom stereocenters. The Morgan fingerprint density at radius 1 is 0.622 bits per heavy atom. The molecule has 0 spiro atoms. The fraction of sp³-hybridized carbons (Fsp3) is 0.393. The first-order chi connectivity index (χ1) is 35.2.